The molecule has 0 bridgehead atoms. The third-order valence-electron chi connectivity index (χ3n) is 4.67. The molecular formula is C21H20ClF2N3O3S. The molecule has 0 fully saturated rings. The molecule has 31 heavy (non-hydrogen) atoms. The summed E-state index contributed by atoms with van der Waals surface area (Å²) in [5, 5.41) is 10.4. The summed E-state index contributed by atoms with van der Waals surface area (Å²) in [4.78, 5) is 0. The number of benzene rings is 2. The normalized spacial score (nSPS) is 11.6. The molecule has 0 saturated carbocycles. The molecule has 0 aliphatic rings. The predicted octanol–water partition coefficient (Wildman–Crippen LogP) is 5.17. The number of alkyl halides is 3. The van der Waals surface area contributed by atoms with Crippen molar-refractivity contribution in [1.82, 2.24) is 4.57 Å². The molecule has 0 spiro atoms. The minimum absolute atomic E-state index is 0.00689. The van der Waals surface area contributed by atoms with Crippen LogP contribution in [0.15, 0.2) is 42.5 Å². The van der Waals surface area contributed by atoms with Crippen LogP contribution >= 0.6 is 11.6 Å². The highest BCUT2D eigenvalue weighted by Gasteiger charge is 2.19. The van der Waals surface area contributed by atoms with Crippen LogP contribution in [0.3, 0.4) is 0 Å². The molecule has 1 heterocycles. The molecule has 0 aliphatic heterocycles. The Balaban J connectivity index is 2.03. The van der Waals surface area contributed by atoms with Crippen LogP contribution in [0.1, 0.15) is 18.9 Å². The Hall–Kier alpha value is -2.83. The van der Waals surface area contributed by atoms with Gasteiger partial charge in [-0.3, -0.25) is 4.72 Å². The Morgan fingerprint density at radius 3 is 2.52 bits per heavy atom. The molecular weight excluding hydrogens is 448 g/mol. The van der Waals surface area contributed by atoms with Gasteiger partial charge in [-0.25, -0.2) is 8.42 Å². The number of fused-ring (bicyclic) bond motifs is 1. The maximum absolute atomic E-state index is 12.6. The smallest absolute Gasteiger partial charge is 0.387 e. The molecule has 3 rings (SSSR count). The maximum Gasteiger partial charge on any atom is 0.387 e. The van der Waals surface area contributed by atoms with Gasteiger partial charge in [0.15, 0.2) is 0 Å². The van der Waals surface area contributed by atoms with E-state index >= 15 is 0 Å². The molecule has 0 unspecified atom stereocenters. The van der Waals surface area contributed by atoms with Gasteiger partial charge in [0, 0.05) is 29.6 Å². The maximum atomic E-state index is 12.6. The van der Waals surface area contributed by atoms with Gasteiger partial charge in [-0.15, -0.1) is 11.6 Å². The first-order chi connectivity index (χ1) is 14.8. The molecule has 0 saturated heterocycles. The molecule has 0 aliphatic carbocycles. The lowest BCUT2D eigenvalue weighted by Crippen LogP contribution is -2.16. The minimum Gasteiger partial charge on any atom is -0.435 e. The Morgan fingerprint density at radius 2 is 1.94 bits per heavy atom. The highest BCUT2D eigenvalue weighted by Crippen LogP contribution is 2.36. The van der Waals surface area contributed by atoms with Gasteiger partial charge in [-0.05, 0) is 43.2 Å². The quantitative estimate of drug-likeness (QED) is 0.440. The van der Waals surface area contributed by atoms with Gasteiger partial charge in [-0.1, -0.05) is 12.1 Å². The third-order valence-corrected chi connectivity index (χ3v) is 6.31. The van der Waals surface area contributed by atoms with Crippen molar-refractivity contribution in [3.8, 4) is 23.1 Å². The lowest BCUT2D eigenvalue weighted by atomic mass is 10.1. The van der Waals surface area contributed by atoms with E-state index < -0.39 is 16.6 Å². The lowest BCUT2D eigenvalue weighted by Gasteiger charge is -2.11. The van der Waals surface area contributed by atoms with Gasteiger partial charge in [0.2, 0.25) is 10.0 Å². The molecule has 1 N–H and O–H groups in total. The summed E-state index contributed by atoms with van der Waals surface area (Å²) in [6.07, 6.45) is 0.342. The van der Waals surface area contributed by atoms with E-state index in [0.717, 1.165) is 0 Å². The standard InChI is InChI=1S/C21H20ClF2N3O3S/c1-2-27-19-12-16(30-21(23)24)8-9-17(19)18(13-25)20(27)14-4-6-15(7-5-14)26-31(28,29)11-3-10-22/h4-9,12,21,26H,2-3,10-11H2,1H3. The fourth-order valence-corrected chi connectivity index (χ4v) is 4.83. The fourth-order valence-electron chi connectivity index (χ4n) is 3.42. The first kappa shape index (κ1) is 22.8. The molecule has 1 aromatic heterocycles. The van der Waals surface area contributed by atoms with Crippen LogP contribution in [-0.4, -0.2) is 31.2 Å². The van der Waals surface area contributed by atoms with E-state index in [1.807, 2.05) is 11.5 Å². The van der Waals surface area contributed by atoms with E-state index in [9.17, 15) is 22.5 Å². The second-order valence-corrected chi connectivity index (χ2v) is 8.90. The predicted molar refractivity (Wildman–Crippen MR) is 117 cm³/mol. The van der Waals surface area contributed by atoms with Crippen LogP contribution in [0, 0.1) is 11.3 Å². The molecule has 164 valence electrons. The second-order valence-electron chi connectivity index (χ2n) is 6.68. The number of nitriles is 1. The van der Waals surface area contributed by atoms with Crippen molar-refractivity contribution < 1.29 is 21.9 Å². The number of hydrogen-bond acceptors (Lipinski definition) is 4. The lowest BCUT2D eigenvalue weighted by molar-refractivity contribution is -0.0497. The number of ether oxygens (including phenoxy) is 1. The number of anilines is 1. The van der Waals surface area contributed by atoms with Crippen molar-refractivity contribution in [2.45, 2.75) is 26.5 Å². The van der Waals surface area contributed by atoms with Crippen LogP contribution in [0.2, 0.25) is 0 Å². The van der Waals surface area contributed by atoms with E-state index in [-0.39, 0.29) is 17.4 Å². The number of rotatable bonds is 9. The summed E-state index contributed by atoms with van der Waals surface area (Å²) in [6.45, 7) is -0.582. The van der Waals surface area contributed by atoms with Gasteiger partial charge < -0.3 is 9.30 Å². The number of aromatic nitrogens is 1. The molecule has 10 heteroatoms. The van der Waals surface area contributed by atoms with E-state index in [2.05, 4.69) is 15.5 Å². The first-order valence-electron chi connectivity index (χ1n) is 9.47. The third kappa shape index (κ3) is 5.09. The summed E-state index contributed by atoms with van der Waals surface area (Å²) in [7, 11) is -3.50. The zero-order chi connectivity index (χ0) is 22.6. The van der Waals surface area contributed by atoms with Crippen molar-refractivity contribution >= 4 is 38.2 Å². The topological polar surface area (TPSA) is 84.1 Å². The zero-order valence-corrected chi connectivity index (χ0v) is 18.2. The van der Waals surface area contributed by atoms with Crippen LogP contribution < -0.4 is 9.46 Å². The summed E-state index contributed by atoms with van der Waals surface area (Å²) >= 11 is 5.56. The summed E-state index contributed by atoms with van der Waals surface area (Å²) in [5.41, 5.74) is 2.69. The number of halogens is 3. The van der Waals surface area contributed by atoms with Crippen molar-refractivity contribution in [3.63, 3.8) is 0 Å². The summed E-state index contributed by atoms with van der Waals surface area (Å²) in [5.74, 6) is 0.180. The van der Waals surface area contributed by atoms with Crippen molar-refractivity contribution in [3.05, 3.63) is 48.0 Å². The van der Waals surface area contributed by atoms with Crippen LogP contribution in [0.4, 0.5) is 14.5 Å². The summed E-state index contributed by atoms with van der Waals surface area (Å²) < 4.78 is 58.2. The average molecular weight is 468 g/mol. The van der Waals surface area contributed by atoms with Gasteiger partial charge >= 0.3 is 6.61 Å². The number of aryl methyl sites for hydroxylation is 1. The van der Waals surface area contributed by atoms with Crippen LogP contribution in [-0.2, 0) is 16.6 Å². The number of nitrogens with one attached hydrogen (secondary N) is 1. The molecule has 0 radical (unpaired) electrons. The van der Waals surface area contributed by atoms with Gasteiger partial charge in [0.1, 0.15) is 11.8 Å². The summed E-state index contributed by atoms with van der Waals surface area (Å²) in [6, 6.07) is 13.3. The van der Waals surface area contributed by atoms with E-state index in [1.165, 1.54) is 12.1 Å². The van der Waals surface area contributed by atoms with Crippen LogP contribution in [0.5, 0.6) is 5.75 Å². The Morgan fingerprint density at radius 1 is 1.23 bits per heavy atom. The monoisotopic (exact) mass is 467 g/mol. The van der Waals surface area contributed by atoms with E-state index in [0.29, 0.717) is 46.4 Å². The van der Waals surface area contributed by atoms with Crippen LogP contribution in [0.25, 0.3) is 22.2 Å². The first-order valence-corrected chi connectivity index (χ1v) is 11.7. The van der Waals surface area contributed by atoms with Gasteiger partial charge in [0.25, 0.3) is 0 Å². The molecule has 0 atom stereocenters. The Bertz CT molecular complexity index is 1220. The van der Waals surface area contributed by atoms with Gasteiger partial charge in [0.05, 0.1) is 22.5 Å². The number of nitrogens with zero attached hydrogens (tertiary/aromatic N) is 2. The van der Waals surface area contributed by atoms with Gasteiger partial charge in [-0.2, -0.15) is 14.0 Å². The minimum atomic E-state index is -3.50. The average Bonchev–Trinajstić information content (AvgIpc) is 3.04. The molecule has 2 aromatic carbocycles. The fraction of sp³-hybridized carbons (Fsp3) is 0.286. The molecule has 0 amide bonds. The zero-order valence-electron chi connectivity index (χ0n) is 16.6. The van der Waals surface area contributed by atoms with Crippen molar-refractivity contribution in [2.75, 3.05) is 16.4 Å². The van der Waals surface area contributed by atoms with Crippen molar-refractivity contribution in [1.29, 1.82) is 5.26 Å². The SMILES string of the molecule is CCn1c(-c2ccc(NS(=O)(=O)CCCCl)cc2)c(C#N)c2ccc(OC(F)F)cc21. The molecule has 6 nitrogen and oxygen atoms in total. The number of sulfonamides is 1. The largest absolute Gasteiger partial charge is 0.435 e. The van der Waals surface area contributed by atoms with E-state index in [4.69, 9.17) is 11.6 Å². The molecule has 3 aromatic rings. The highest BCUT2D eigenvalue weighted by atomic mass is 35.5. The van der Waals surface area contributed by atoms with E-state index in [1.54, 1.807) is 30.3 Å². The Labute approximate surface area is 184 Å². The van der Waals surface area contributed by atoms with Crippen molar-refractivity contribution in [2.24, 2.45) is 0 Å². The Kier molecular flexibility index (Phi) is 7.03. The highest BCUT2D eigenvalue weighted by molar-refractivity contribution is 7.92. The second kappa shape index (κ2) is 9.54. The number of hydrogen-bond donors (Lipinski definition) is 1.